The smallest absolute Gasteiger partial charge is 0.338 e. The summed E-state index contributed by atoms with van der Waals surface area (Å²) in [6.07, 6.45) is 15.0. The van der Waals surface area contributed by atoms with Crippen molar-refractivity contribution in [2.24, 2.45) is 11.8 Å². The van der Waals surface area contributed by atoms with Crippen LogP contribution in [0.1, 0.15) is 128 Å². The lowest BCUT2D eigenvalue weighted by Crippen LogP contribution is -2.67. The van der Waals surface area contributed by atoms with Crippen LogP contribution in [0, 0.1) is 11.8 Å². The third kappa shape index (κ3) is 20.5. The molecule has 0 heterocycles. The van der Waals surface area contributed by atoms with Gasteiger partial charge in [0.25, 0.3) is 16.6 Å². The predicted molar refractivity (Wildman–Crippen MR) is 358 cm³/mol. The number of aliphatic hydroxyl groups excluding tert-OH is 1. The molecule has 9 nitrogen and oxygen atoms in total. The van der Waals surface area contributed by atoms with Crippen LogP contribution >= 0.6 is 17.6 Å². The number of hydrogen-bond acceptors (Lipinski definition) is 9. The van der Waals surface area contributed by atoms with Crippen molar-refractivity contribution in [3.05, 3.63) is 217 Å². The monoisotopic (exact) mass is 1210 g/mol. The molecule has 0 bridgehead atoms. The second-order valence-corrected chi connectivity index (χ2v) is 34.3. The highest BCUT2D eigenvalue weighted by atomic mass is 31.1. The number of rotatable bonds is 32. The fourth-order valence-electron chi connectivity index (χ4n) is 11.0. The minimum atomic E-state index is -2.68. The fraction of sp³-hybridized carbons (Fsp3) is 0.408. The highest BCUT2D eigenvalue weighted by Gasteiger charge is 2.52. The SMILES string of the molecule is CCCC[C@H](CPOC)C(/C=C\C[C@H](C)O[Si](c1ccccc1)(c1ccccc1)C(C)(C)C)OC(=O)c1ccccc1.COPC[C@@H](CCCO)C(/C=C\C[C@H](C)O[Si](c1ccccc1)(c1ccccc1)C(C)(C)C)OC(=O)c1ccccc1. The number of esters is 2. The molecule has 0 saturated carbocycles. The van der Waals surface area contributed by atoms with Crippen LogP contribution in [0.15, 0.2) is 206 Å². The van der Waals surface area contributed by atoms with Crippen molar-refractivity contribution in [1.82, 2.24) is 0 Å². The molecule has 4 unspecified atom stereocenters. The number of benzene rings is 6. The average Bonchev–Trinajstić information content (AvgIpc) is 1.10. The van der Waals surface area contributed by atoms with Gasteiger partial charge in [-0.2, -0.15) is 0 Å². The van der Waals surface area contributed by atoms with Crippen molar-refractivity contribution < 1.29 is 42.1 Å². The van der Waals surface area contributed by atoms with Gasteiger partial charge in [0.15, 0.2) is 0 Å². The maximum absolute atomic E-state index is 13.1. The van der Waals surface area contributed by atoms with E-state index in [-0.39, 0.29) is 58.8 Å². The van der Waals surface area contributed by atoms with Crippen molar-refractivity contribution in [3.8, 4) is 0 Å². The zero-order chi connectivity index (χ0) is 60.9. The predicted octanol–water partition coefficient (Wildman–Crippen LogP) is 14.9. The van der Waals surface area contributed by atoms with E-state index in [2.05, 4.69) is 202 Å². The van der Waals surface area contributed by atoms with E-state index < -0.39 is 22.7 Å². The number of ether oxygens (including phenoxy) is 2. The lowest BCUT2D eigenvalue weighted by atomic mass is 9.96. The Bertz CT molecular complexity index is 2530. The number of unbranched alkanes of at least 4 members (excludes halogenated alkanes) is 1. The van der Waals surface area contributed by atoms with Gasteiger partial charge in [-0.1, -0.05) is 231 Å². The molecule has 0 spiro atoms. The molecule has 0 saturated heterocycles. The van der Waals surface area contributed by atoms with Crippen molar-refractivity contribution >= 4 is 66.9 Å². The molecule has 0 aliphatic heterocycles. The standard InChI is InChI=1S/C36H49O4PSi.C35H47O5PSi/c1-7-8-20-31(28-41-38-6)34(39-35(37)30-21-12-9-13-22-30)27-18-19-29(2)40-42(36(3,4)5,32-23-14-10-15-24-32)33-25-16-11-17-26-33;1-28(40-42(35(2,3)4,31-21-11-7-12-22-31)32-23-13-8-14-24-32)17-15-25-33(30(20-16-26-36)27-41-38-5)39-34(37)29-18-9-6-10-19-29/h9-18,21-27,29,31,34,41H,7-8,19-20,28H2,1-6H3;6-15,18-19,21-25,28,30,33,36,41H,16-17,20,26-27H2,1-5H3/b27-18-;25-15-/t29-,31+,34?;28-,30+,33?/m00/s1. The first-order chi connectivity index (χ1) is 40.4. The summed E-state index contributed by atoms with van der Waals surface area (Å²) in [4.78, 5) is 26.2. The average molecular weight is 1210 g/mol. The third-order valence-electron chi connectivity index (χ3n) is 15.3. The highest BCUT2D eigenvalue weighted by Crippen LogP contribution is 2.39. The fourth-order valence-corrected chi connectivity index (χ4v) is 22.0. The van der Waals surface area contributed by atoms with Crippen molar-refractivity contribution in [1.29, 1.82) is 0 Å². The summed E-state index contributed by atoms with van der Waals surface area (Å²) in [6, 6.07) is 61.1. The summed E-state index contributed by atoms with van der Waals surface area (Å²) in [6.45, 7) is 20.3. The molecular formula is C71H96O9P2Si2. The molecule has 1 N–H and O–H groups in total. The van der Waals surface area contributed by atoms with Gasteiger partial charge < -0.3 is 32.5 Å². The van der Waals surface area contributed by atoms with Gasteiger partial charge in [-0.3, -0.25) is 0 Å². The van der Waals surface area contributed by atoms with Crippen molar-refractivity contribution in [2.45, 2.75) is 142 Å². The van der Waals surface area contributed by atoms with Crippen molar-refractivity contribution in [3.63, 3.8) is 0 Å². The molecule has 0 radical (unpaired) electrons. The molecule has 0 aliphatic carbocycles. The lowest BCUT2D eigenvalue weighted by Gasteiger charge is -2.44. The molecule has 6 aromatic rings. The molecule has 6 rings (SSSR count). The van der Waals surface area contributed by atoms with Gasteiger partial charge in [-0.25, -0.2) is 9.59 Å². The van der Waals surface area contributed by atoms with Crippen LogP contribution < -0.4 is 20.7 Å². The number of carbonyl (C=O) groups excluding carboxylic acids is 2. The van der Waals surface area contributed by atoms with Crippen LogP contribution in [0.3, 0.4) is 0 Å². The molecule has 0 fully saturated rings. The van der Waals surface area contributed by atoms with Crippen LogP contribution in [0.2, 0.25) is 10.1 Å². The van der Waals surface area contributed by atoms with Crippen LogP contribution in [0.5, 0.6) is 0 Å². The first kappa shape index (κ1) is 69.6. The Morgan fingerprint density at radius 3 is 1.06 bits per heavy atom. The summed E-state index contributed by atoms with van der Waals surface area (Å²) in [7, 11) is -1.25. The van der Waals surface area contributed by atoms with Gasteiger partial charge in [0.05, 0.1) is 11.1 Å². The van der Waals surface area contributed by atoms with Crippen LogP contribution in [-0.4, -0.2) is 91.2 Å². The Hall–Kier alpha value is -5.17. The van der Waals surface area contributed by atoms with E-state index in [1.54, 1.807) is 38.5 Å². The van der Waals surface area contributed by atoms with Gasteiger partial charge in [0.1, 0.15) is 12.2 Å². The summed E-state index contributed by atoms with van der Waals surface area (Å²) in [5, 5.41) is 14.4. The molecule has 6 aromatic carbocycles. The van der Waals surface area contributed by atoms with Crippen molar-refractivity contribution in [2.75, 3.05) is 33.2 Å². The number of carbonyl (C=O) groups is 2. The topological polar surface area (TPSA) is 110 Å². The molecule has 13 heteroatoms. The second-order valence-electron chi connectivity index (χ2n) is 23.6. The largest absolute Gasteiger partial charge is 0.454 e. The Morgan fingerprint density at radius 1 is 0.488 bits per heavy atom. The Kier molecular flexibility index (Phi) is 29.9. The van der Waals surface area contributed by atoms with Gasteiger partial charge in [0, 0.05) is 62.5 Å². The van der Waals surface area contributed by atoms with E-state index in [1.807, 2.05) is 42.5 Å². The Labute approximate surface area is 510 Å². The van der Waals surface area contributed by atoms with Crippen LogP contribution in [0.4, 0.5) is 0 Å². The Balaban J connectivity index is 0.000000307. The van der Waals surface area contributed by atoms with Gasteiger partial charge in [-0.15, -0.1) is 0 Å². The van der Waals surface area contributed by atoms with Gasteiger partial charge in [-0.05, 0) is 126 Å². The lowest BCUT2D eigenvalue weighted by molar-refractivity contribution is 0.0272. The summed E-state index contributed by atoms with van der Waals surface area (Å²) in [5.74, 6) is -0.409. The normalized spacial score (nSPS) is 14.7. The van der Waals surface area contributed by atoms with E-state index in [1.165, 1.54) is 20.7 Å². The number of aliphatic hydroxyl groups is 1. The summed E-state index contributed by atoms with van der Waals surface area (Å²) in [5.41, 5.74) is 1.09. The van der Waals surface area contributed by atoms with E-state index in [0.717, 1.165) is 44.4 Å². The minimum absolute atomic E-state index is 0.0343. The van der Waals surface area contributed by atoms with Gasteiger partial charge in [0.2, 0.25) is 0 Å². The van der Waals surface area contributed by atoms with E-state index in [9.17, 15) is 14.7 Å². The molecule has 84 heavy (non-hydrogen) atoms. The van der Waals surface area contributed by atoms with Crippen LogP contribution in [-0.2, 0) is 27.4 Å². The first-order valence-electron chi connectivity index (χ1n) is 30.0. The quantitative estimate of drug-likeness (QED) is 0.0191. The van der Waals surface area contributed by atoms with E-state index in [0.29, 0.717) is 41.6 Å². The van der Waals surface area contributed by atoms with Crippen LogP contribution in [0.25, 0.3) is 0 Å². The van der Waals surface area contributed by atoms with Gasteiger partial charge >= 0.3 is 11.9 Å². The Morgan fingerprint density at radius 2 is 0.786 bits per heavy atom. The molecule has 8 atom stereocenters. The minimum Gasteiger partial charge on any atom is -0.454 e. The molecule has 0 amide bonds. The van der Waals surface area contributed by atoms with E-state index in [4.69, 9.17) is 27.4 Å². The third-order valence-corrected chi connectivity index (χ3v) is 27.5. The first-order valence-corrected chi connectivity index (χ1v) is 36.1. The molecule has 0 aromatic heterocycles. The maximum atomic E-state index is 13.1. The zero-order valence-electron chi connectivity index (χ0n) is 51.9. The highest BCUT2D eigenvalue weighted by molar-refractivity contribution is 7.32. The zero-order valence-corrected chi connectivity index (χ0v) is 55.9. The van der Waals surface area contributed by atoms with E-state index >= 15 is 0 Å². The second kappa shape index (κ2) is 36.1. The molecule has 0 aliphatic rings. The maximum Gasteiger partial charge on any atom is 0.338 e. The number of hydrogen-bond donors (Lipinski definition) is 1. The molecule has 452 valence electrons. The summed E-state index contributed by atoms with van der Waals surface area (Å²) >= 11 is 0. The summed E-state index contributed by atoms with van der Waals surface area (Å²) < 4.78 is 37.6. The molecular weight excluding hydrogens is 1110 g/mol.